The summed E-state index contributed by atoms with van der Waals surface area (Å²) in [5.41, 5.74) is 2.71. The van der Waals surface area contributed by atoms with Gasteiger partial charge in [-0.3, -0.25) is 9.59 Å². The first-order valence-corrected chi connectivity index (χ1v) is 9.72. The van der Waals surface area contributed by atoms with Crippen LogP contribution < -0.4 is 10.6 Å². The monoisotopic (exact) mass is 412 g/mol. The van der Waals surface area contributed by atoms with Crippen LogP contribution in [0.15, 0.2) is 83.9 Å². The number of hydrogen-bond donors (Lipinski definition) is 3. The van der Waals surface area contributed by atoms with E-state index in [9.17, 15) is 14.0 Å². The summed E-state index contributed by atoms with van der Waals surface area (Å²) in [6.07, 6.45) is -1.24. The Hall–Kier alpha value is -4.26. The van der Waals surface area contributed by atoms with Crippen molar-refractivity contribution < 1.29 is 14.0 Å². The quantitative estimate of drug-likeness (QED) is 0.477. The van der Waals surface area contributed by atoms with Crippen LogP contribution in [-0.4, -0.2) is 28.7 Å². The molecule has 0 saturated heterocycles. The van der Waals surface area contributed by atoms with Crippen LogP contribution in [0, 0.1) is 5.82 Å². The van der Waals surface area contributed by atoms with Gasteiger partial charge in [-0.25, -0.2) is 9.38 Å². The smallest absolute Gasteiger partial charge is 0.269 e. The third-order valence-electron chi connectivity index (χ3n) is 5.12. The van der Waals surface area contributed by atoms with Gasteiger partial charge in [0.2, 0.25) is 6.17 Å². The van der Waals surface area contributed by atoms with Crippen LogP contribution in [0.5, 0.6) is 0 Å². The Bertz CT molecular complexity index is 1330. The van der Waals surface area contributed by atoms with Gasteiger partial charge in [0.1, 0.15) is 11.5 Å². The van der Waals surface area contributed by atoms with Crippen LogP contribution in [-0.2, 0) is 4.79 Å². The number of aliphatic imine (C=N–C) groups is 1. The number of para-hydroxylation sites is 2. The summed E-state index contributed by atoms with van der Waals surface area (Å²) in [6, 6.07) is 22.4. The molecular weight excluding hydrogens is 395 g/mol. The number of amides is 2. The summed E-state index contributed by atoms with van der Waals surface area (Å²) >= 11 is 0. The van der Waals surface area contributed by atoms with Crippen molar-refractivity contribution in [1.29, 1.82) is 0 Å². The summed E-state index contributed by atoms with van der Waals surface area (Å²) in [4.78, 5) is 33.2. The molecule has 5 rings (SSSR count). The first-order valence-electron chi connectivity index (χ1n) is 9.72. The predicted octanol–water partition coefficient (Wildman–Crippen LogP) is 3.85. The number of H-pyrrole nitrogens is 1. The summed E-state index contributed by atoms with van der Waals surface area (Å²) in [5.74, 6) is -1.46. The van der Waals surface area contributed by atoms with Crippen molar-refractivity contribution in [1.82, 2.24) is 10.3 Å². The van der Waals surface area contributed by atoms with Gasteiger partial charge in [-0.05, 0) is 30.3 Å². The second-order valence-corrected chi connectivity index (χ2v) is 7.14. The standard InChI is InChI=1S/C24H17FN4O2/c25-17-10-4-2-8-15(17)21-16-9-3-6-12-19(16)27-24(31)22(28-21)29-23(30)20-13-14-7-1-5-11-18(14)26-20/h1-13,22,26H,(H,27,31)(H,29,30)/t22-/m0/s1. The largest absolute Gasteiger partial charge is 0.351 e. The average Bonchev–Trinajstić information content (AvgIpc) is 3.16. The molecule has 1 aliphatic rings. The van der Waals surface area contributed by atoms with Gasteiger partial charge in [0.05, 0.1) is 11.4 Å². The Morgan fingerprint density at radius 1 is 0.935 bits per heavy atom. The number of benzene rings is 3. The summed E-state index contributed by atoms with van der Waals surface area (Å²) in [5, 5.41) is 6.30. The van der Waals surface area contributed by atoms with E-state index in [-0.39, 0.29) is 11.3 Å². The Morgan fingerprint density at radius 3 is 2.45 bits per heavy atom. The highest BCUT2D eigenvalue weighted by Crippen LogP contribution is 2.25. The summed E-state index contributed by atoms with van der Waals surface area (Å²) < 4.78 is 14.6. The number of halogens is 1. The molecule has 6 nitrogen and oxygen atoms in total. The first-order chi connectivity index (χ1) is 15.1. The van der Waals surface area contributed by atoms with Crippen LogP contribution >= 0.6 is 0 Å². The van der Waals surface area contributed by atoms with Crippen molar-refractivity contribution in [3.63, 3.8) is 0 Å². The molecule has 3 aromatic carbocycles. The van der Waals surface area contributed by atoms with E-state index in [1.165, 1.54) is 6.07 Å². The number of fused-ring (bicyclic) bond motifs is 2. The highest BCUT2D eigenvalue weighted by molar-refractivity contribution is 6.20. The lowest BCUT2D eigenvalue weighted by Crippen LogP contribution is -2.42. The second kappa shape index (κ2) is 7.53. The van der Waals surface area contributed by atoms with Crippen molar-refractivity contribution in [2.45, 2.75) is 6.17 Å². The van der Waals surface area contributed by atoms with E-state index in [4.69, 9.17) is 0 Å². The van der Waals surface area contributed by atoms with Crippen molar-refractivity contribution >= 4 is 34.1 Å². The van der Waals surface area contributed by atoms with Gasteiger partial charge in [0.25, 0.3) is 11.8 Å². The molecule has 152 valence electrons. The molecule has 0 aliphatic carbocycles. The average molecular weight is 412 g/mol. The molecule has 0 bridgehead atoms. The third kappa shape index (κ3) is 3.46. The van der Waals surface area contributed by atoms with Gasteiger partial charge in [-0.1, -0.05) is 48.5 Å². The molecule has 1 aliphatic heterocycles. The molecule has 0 fully saturated rings. The predicted molar refractivity (Wildman–Crippen MR) is 117 cm³/mol. The van der Waals surface area contributed by atoms with Crippen LogP contribution in [0.3, 0.4) is 0 Å². The minimum absolute atomic E-state index is 0.247. The number of hydrogen-bond acceptors (Lipinski definition) is 3. The van der Waals surface area contributed by atoms with Crippen LogP contribution in [0.1, 0.15) is 21.6 Å². The first kappa shape index (κ1) is 18.7. The lowest BCUT2D eigenvalue weighted by Gasteiger charge is -2.13. The van der Waals surface area contributed by atoms with E-state index in [1.54, 1.807) is 48.5 Å². The maximum atomic E-state index is 14.6. The number of nitrogens with one attached hydrogen (secondary N) is 3. The summed E-state index contributed by atoms with van der Waals surface area (Å²) in [6.45, 7) is 0. The van der Waals surface area contributed by atoms with Crippen LogP contribution in [0.4, 0.5) is 10.1 Å². The number of nitrogens with zero attached hydrogens (tertiary/aromatic N) is 1. The molecule has 2 heterocycles. The number of anilines is 1. The highest BCUT2D eigenvalue weighted by Gasteiger charge is 2.28. The molecule has 31 heavy (non-hydrogen) atoms. The normalized spacial score (nSPS) is 15.6. The van der Waals surface area contributed by atoms with Gasteiger partial charge < -0.3 is 15.6 Å². The van der Waals surface area contributed by atoms with Gasteiger partial charge in [-0.15, -0.1) is 0 Å². The maximum absolute atomic E-state index is 14.6. The lowest BCUT2D eigenvalue weighted by molar-refractivity contribution is -0.117. The number of rotatable bonds is 3. The minimum Gasteiger partial charge on any atom is -0.351 e. The Morgan fingerprint density at radius 2 is 1.65 bits per heavy atom. The molecule has 0 saturated carbocycles. The molecule has 0 radical (unpaired) electrons. The van der Waals surface area contributed by atoms with E-state index >= 15 is 0 Å². The fourth-order valence-electron chi connectivity index (χ4n) is 3.62. The molecule has 7 heteroatoms. The van der Waals surface area contributed by atoms with Gasteiger partial charge in [0, 0.05) is 22.0 Å². The van der Waals surface area contributed by atoms with E-state index in [2.05, 4.69) is 20.6 Å². The number of carbonyl (C=O) groups excluding carboxylic acids is 2. The fraction of sp³-hybridized carbons (Fsp3) is 0.0417. The Kier molecular flexibility index (Phi) is 4.55. The number of carbonyl (C=O) groups is 2. The zero-order valence-electron chi connectivity index (χ0n) is 16.2. The SMILES string of the molecule is O=C(N[C@@H]1N=C(c2ccccc2F)c2ccccc2NC1=O)c1cc2ccccc2[nH]1. The topological polar surface area (TPSA) is 86.3 Å². The van der Waals surface area contributed by atoms with Crippen LogP contribution in [0.2, 0.25) is 0 Å². The second-order valence-electron chi connectivity index (χ2n) is 7.14. The Labute approximate surface area is 176 Å². The van der Waals surface area contributed by atoms with E-state index in [0.717, 1.165) is 10.9 Å². The van der Waals surface area contributed by atoms with Crippen molar-refractivity contribution in [2.24, 2.45) is 4.99 Å². The molecule has 4 aromatic rings. The van der Waals surface area contributed by atoms with E-state index in [1.807, 2.05) is 24.3 Å². The van der Waals surface area contributed by atoms with Crippen molar-refractivity contribution in [3.05, 3.63) is 102 Å². The Balaban J connectivity index is 1.55. The number of benzodiazepines with no additional fused rings is 1. The van der Waals surface area contributed by atoms with E-state index < -0.39 is 23.8 Å². The molecule has 0 spiro atoms. The lowest BCUT2D eigenvalue weighted by atomic mass is 10.0. The number of aromatic nitrogens is 1. The molecule has 0 unspecified atom stereocenters. The third-order valence-corrected chi connectivity index (χ3v) is 5.12. The fourth-order valence-corrected chi connectivity index (χ4v) is 3.62. The van der Waals surface area contributed by atoms with Gasteiger partial charge in [-0.2, -0.15) is 0 Å². The summed E-state index contributed by atoms with van der Waals surface area (Å²) in [7, 11) is 0. The van der Waals surface area contributed by atoms with E-state index in [0.29, 0.717) is 16.9 Å². The molecular formula is C24H17FN4O2. The minimum atomic E-state index is -1.24. The van der Waals surface area contributed by atoms with Gasteiger partial charge in [0.15, 0.2) is 0 Å². The molecule has 1 aromatic heterocycles. The molecule has 3 N–H and O–H groups in total. The maximum Gasteiger partial charge on any atom is 0.269 e. The zero-order chi connectivity index (χ0) is 21.4. The van der Waals surface area contributed by atoms with Crippen molar-refractivity contribution in [2.75, 3.05) is 5.32 Å². The van der Waals surface area contributed by atoms with Crippen molar-refractivity contribution in [3.8, 4) is 0 Å². The molecule has 1 atom stereocenters. The van der Waals surface area contributed by atoms with Crippen LogP contribution in [0.25, 0.3) is 10.9 Å². The zero-order valence-corrected chi connectivity index (χ0v) is 16.2. The number of aromatic amines is 1. The highest BCUT2D eigenvalue weighted by atomic mass is 19.1. The molecule has 2 amide bonds. The van der Waals surface area contributed by atoms with Gasteiger partial charge >= 0.3 is 0 Å².